The van der Waals surface area contributed by atoms with Gasteiger partial charge in [0.15, 0.2) is 0 Å². The third kappa shape index (κ3) is 0.537. The summed E-state index contributed by atoms with van der Waals surface area (Å²) in [5.41, 5.74) is 0. The number of nitrogens with zero attached hydrogens (tertiary/aromatic N) is 2. The molecule has 0 fully saturated rings. The SMILES string of the molecule is c1noc2sc3oncc3c12. The molecule has 0 radical (unpaired) electrons. The molecule has 0 aliphatic heterocycles. The normalized spacial score (nSPS) is 11.6. The molecule has 3 heterocycles. The maximum absolute atomic E-state index is 4.94. The van der Waals surface area contributed by atoms with Gasteiger partial charge in [0.1, 0.15) is 0 Å². The summed E-state index contributed by atoms with van der Waals surface area (Å²) in [5, 5.41) is 9.27. The maximum atomic E-state index is 4.94. The van der Waals surface area contributed by atoms with Crippen LogP contribution in [0.15, 0.2) is 21.4 Å². The predicted octanol–water partition coefficient (Wildman–Crippen LogP) is 2.03. The molecule has 5 heteroatoms. The number of aromatic nitrogens is 2. The summed E-state index contributed by atoms with van der Waals surface area (Å²) in [5.74, 6) is 0. The fraction of sp³-hybridized carbons (Fsp3) is 0. The first kappa shape index (κ1) is 5.31. The van der Waals surface area contributed by atoms with Crippen LogP contribution in [-0.2, 0) is 0 Å². The molecule has 0 unspecified atom stereocenters. The van der Waals surface area contributed by atoms with Crippen LogP contribution in [0, 0.1) is 0 Å². The molecule has 3 aromatic heterocycles. The Morgan fingerprint density at radius 3 is 2.09 bits per heavy atom. The predicted molar refractivity (Wildman–Crippen MR) is 39.5 cm³/mol. The molecule has 3 rings (SSSR count). The van der Waals surface area contributed by atoms with Crippen molar-refractivity contribution in [2.75, 3.05) is 0 Å². The molecule has 0 aliphatic carbocycles. The van der Waals surface area contributed by atoms with Gasteiger partial charge in [0, 0.05) is 0 Å². The zero-order valence-corrected chi connectivity index (χ0v) is 6.09. The van der Waals surface area contributed by atoms with Crippen LogP contribution < -0.4 is 0 Å². The molecular formula is C6H2N2O2S. The van der Waals surface area contributed by atoms with Crippen molar-refractivity contribution >= 4 is 31.9 Å². The van der Waals surface area contributed by atoms with Crippen LogP contribution in [0.3, 0.4) is 0 Å². The summed E-state index contributed by atoms with van der Waals surface area (Å²) in [6.45, 7) is 0. The minimum absolute atomic E-state index is 0.793. The van der Waals surface area contributed by atoms with Crippen molar-refractivity contribution in [3.8, 4) is 0 Å². The standard InChI is InChI=1S/C6H2N2O2S/c1-3-4-2-8-10-6(4)11-5(3)9-7-1/h1-2H. The molecule has 0 amide bonds. The zero-order chi connectivity index (χ0) is 7.26. The van der Waals surface area contributed by atoms with Gasteiger partial charge in [-0.1, -0.05) is 21.7 Å². The summed E-state index contributed by atoms with van der Waals surface area (Å²) in [6, 6.07) is 0. The van der Waals surface area contributed by atoms with Gasteiger partial charge in [-0.25, -0.2) is 0 Å². The highest BCUT2D eigenvalue weighted by atomic mass is 32.1. The van der Waals surface area contributed by atoms with Crippen LogP contribution in [-0.4, -0.2) is 10.3 Å². The van der Waals surface area contributed by atoms with Crippen LogP contribution in [0.5, 0.6) is 0 Å². The Bertz CT molecular complexity index is 461. The largest absolute Gasteiger partial charge is 0.345 e. The monoisotopic (exact) mass is 166 g/mol. The average molecular weight is 166 g/mol. The van der Waals surface area contributed by atoms with Crippen molar-refractivity contribution in [3.63, 3.8) is 0 Å². The van der Waals surface area contributed by atoms with Gasteiger partial charge >= 0.3 is 0 Å². The van der Waals surface area contributed by atoms with Gasteiger partial charge < -0.3 is 9.05 Å². The van der Waals surface area contributed by atoms with Gasteiger partial charge in [-0.15, -0.1) is 0 Å². The zero-order valence-electron chi connectivity index (χ0n) is 5.27. The average Bonchev–Trinajstić information content (AvgIpc) is 2.52. The van der Waals surface area contributed by atoms with Gasteiger partial charge in [0.05, 0.1) is 23.2 Å². The first-order valence-corrected chi connectivity index (χ1v) is 3.84. The van der Waals surface area contributed by atoms with E-state index in [1.165, 1.54) is 11.3 Å². The highest BCUT2D eigenvalue weighted by molar-refractivity contribution is 7.24. The highest BCUT2D eigenvalue weighted by Crippen LogP contribution is 2.32. The molecule has 0 aromatic carbocycles. The summed E-state index contributed by atoms with van der Waals surface area (Å²) in [6.07, 6.45) is 3.34. The topological polar surface area (TPSA) is 52.1 Å². The summed E-state index contributed by atoms with van der Waals surface area (Å²) in [4.78, 5) is 1.59. The van der Waals surface area contributed by atoms with Gasteiger partial charge in [-0.2, -0.15) is 0 Å². The van der Waals surface area contributed by atoms with Crippen molar-refractivity contribution in [2.24, 2.45) is 0 Å². The fourth-order valence-corrected chi connectivity index (χ4v) is 1.92. The van der Waals surface area contributed by atoms with E-state index in [0.29, 0.717) is 0 Å². The van der Waals surface area contributed by atoms with Gasteiger partial charge in [0.2, 0.25) is 9.79 Å². The molecule has 11 heavy (non-hydrogen) atoms. The second-order valence-electron chi connectivity index (χ2n) is 2.16. The van der Waals surface area contributed by atoms with E-state index < -0.39 is 0 Å². The van der Waals surface area contributed by atoms with Crippen molar-refractivity contribution in [3.05, 3.63) is 12.4 Å². The molecule has 3 aromatic rings. The van der Waals surface area contributed by atoms with E-state index in [2.05, 4.69) is 10.3 Å². The molecule has 0 N–H and O–H groups in total. The lowest BCUT2D eigenvalue weighted by Crippen LogP contribution is -1.50. The lowest BCUT2D eigenvalue weighted by atomic mass is 10.3. The Labute approximate surface area is 64.4 Å². The third-order valence-electron chi connectivity index (χ3n) is 1.55. The van der Waals surface area contributed by atoms with E-state index in [-0.39, 0.29) is 0 Å². The van der Waals surface area contributed by atoms with E-state index in [1.54, 1.807) is 12.4 Å². The smallest absolute Gasteiger partial charge is 0.224 e. The molecule has 4 nitrogen and oxygen atoms in total. The minimum atomic E-state index is 0.793. The van der Waals surface area contributed by atoms with E-state index in [4.69, 9.17) is 9.05 Å². The van der Waals surface area contributed by atoms with Crippen molar-refractivity contribution < 1.29 is 9.05 Å². The van der Waals surface area contributed by atoms with E-state index in [1.807, 2.05) is 0 Å². The minimum Gasteiger partial charge on any atom is -0.345 e. The third-order valence-corrected chi connectivity index (χ3v) is 2.51. The van der Waals surface area contributed by atoms with Crippen molar-refractivity contribution in [2.45, 2.75) is 0 Å². The highest BCUT2D eigenvalue weighted by Gasteiger charge is 2.10. The Morgan fingerprint density at radius 1 is 1.00 bits per heavy atom. The van der Waals surface area contributed by atoms with Crippen LogP contribution in [0.1, 0.15) is 0 Å². The first-order chi connectivity index (χ1) is 5.45. The van der Waals surface area contributed by atoms with Gasteiger partial charge in [-0.05, 0) is 0 Å². The van der Waals surface area contributed by atoms with E-state index in [0.717, 1.165) is 20.6 Å². The number of hydrogen-bond donors (Lipinski definition) is 0. The van der Waals surface area contributed by atoms with E-state index >= 15 is 0 Å². The lowest BCUT2D eigenvalue weighted by molar-refractivity contribution is 0.458. The lowest BCUT2D eigenvalue weighted by Gasteiger charge is -1.65. The van der Waals surface area contributed by atoms with Crippen LogP contribution >= 0.6 is 11.3 Å². The number of fused-ring (bicyclic) bond motifs is 3. The molecular weight excluding hydrogens is 164 g/mol. The Hall–Kier alpha value is -1.36. The number of hydrogen-bond acceptors (Lipinski definition) is 5. The van der Waals surface area contributed by atoms with Gasteiger partial charge in [-0.3, -0.25) is 0 Å². The second kappa shape index (κ2) is 1.62. The van der Waals surface area contributed by atoms with Crippen LogP contribution in [0.4, 0.5) is 0 Å². The first-order valence-electron chi connectivity index (χ1n) is 3.03. The van der Waals surface area contributed by atoms with Crippen molar-refractivity contribution in [1.29, 1.82) is 0 Å². The summed E-state index contributed by atoms with van der Waals surface area (Å²) in [7, 11) is 0. The molecule has 0 aliphatic rings. The fourth-order valence-electron chi connectivity index (χ4n) is 1.05. The number of thiophene rings is 1. The van der Waals surface area contributed by atoms with Crippen LogP contribution in [0.25, 0.3) is 20.6 Å². The Kier molecular flexibility index (Phi) is 0.783. The molecule has 54 valence electrons. The van der Waals surface area contributed by atoms with E-state index in [9.17, 15) is 0 Å². The summed E-state index contributed by atoms with van der Waals surface area (Å²) >= 11 is 1.42. The quantitative estimate of drug-likeness (QED) is 0.512. The Balaban J connectivity index is 2.75. The maximum Gasteiger partial charge on any atom is 0.224 e. The molecule has 0 bridgehead atoms. The van der Waals surface area contributed by atoms with Crippen molar-refractivity contribution in [1.82, 2.24) is 10.3 Å². The molecule has 0 atom stereocenters. The second-order valence-corrected chi connectivity index (χ2v) is 3.10. The Morgan fingerprint density at radius 2 is 1.55 bits per heavy atom. The van der Waals surface area contributed by atoms with Crippen LogP contribution in [0.2, 0.25) is 0 Å². The molecule has 0 saturated heterocycles. The van der Waals surface area contributed by atoms with Gasteiger partial charge in [0.25, 0.3) is 0 Å². The summed E-state index contributed by atoms with van der Waals surface area (Å²) < 4.78 is 9.88. The molecule has 0 spiro atoms. The molecule has 0 saturated carbocycles. The number of rotatable bonds is 0.